The summed E-state index contributed by atoms with van der Waals surface area (Å²) in [6.07, 6.45) is 1.16. The molecule has 0 aromatic carbocycles. The number of hydrogen-bond donors (Lipinski definition) is 4. The normalized spacial score (nSPS) is 10.9. The van der Waals surface area contributed by atoms with E-state index in [1.165, 1.54) is 0 Å². The Hall–Kier alpha value is -1.30. The lowest BCUT2D eigenvalue weighted by Crippen LogP contribution is -2.33. The molecule has 15 heavy (non-hydrogen) atoms. The third-order valence-corrected chi connectivity index (χ3v) is 1.59. The molecule has 0 bridgehead atoms. The molecule has 0 radical (unpaired) electrons. The highest BCUT2D eigenvalue weighted by Crippen LogP contribution is 1.96. The van der Waals surface area contributed by atoms with Crippen LogP contribution in [0.4, 0.5) is 0 Å². The lowest BCUT2D eigenvalue weighted by molar-refractivity contribution is -0.139. The molecule has 6 heteroatoms. The summed E-state index contributed by atoms with van der Waals surface area (Å²) in [4.78, 5) is 14.3. The van der Waals surface area contributed by atoms with Gasteiger partial charge in [-0.15, -0.1) is 0 Å². The van der Waals surface area contributed by atoms with E-state index in [1.807, 2.05) is 13.8 Å². The van der Waals surface area contributed by atoms with Crippen LogP contribution in [0.5, 0.6) is 0 Å². The zero-order valence-electron chi connectivity index (χ0n) is 9.66. The van der Waals surface area contributed by atoms with Crippen LogP contribution in [0.3, 0.4) is 0 Å². The molecule has 0 aromatic rings. The molecular formula is C9H22N4O2. The number of likely N-dealkylation sites (N-methyl/N-ethyl adjacent to an activating group) is 1. The van der Waals surface area contributed by atoms with Crippen molar-refractivity contribution in [3.63, 3.8) is 0 Å². The fraction of sp³-hybridized carbons (Fsp3) is 0.778. The molecule has 0 aliphatic rings. The number of carbonyl (C=O) groups is 1. The number of nitrogens with two attached hydrogens (primary N) is 2. The van der Waals surface area contributed by atoms with Gasteiger partial charge in [-0.2, -0.15) is 0 Å². The number of aliphatic carboxylic acids is 1. The van der Waals surface area contributed by atoms with E-state index in [9.17, 15) is 4.79 Å². The predicted molar refractivity (Wildman–Crippen MR) is 61.7 cm³/mol. The molecule has 0 aromatic heterocycles. The maximum absolute atomic E-state index is 10.5. The van der Waals surface area contributed by atoms with Gasteiger partial charge in [0.25, 0.3) is 0 Å². The number of guanidine groups is 1. The van der Waals surface area contributed by atoms with E-state index in [-0.39, 0.29) is 5.96 Å². The van der Waals surface area contributed by atoms with Crippen molar-refractivity contribution in [2.24, 2.45) is 16.5 Å². The van der Waals surface area contributed by atoms with Gasteiger partial charge < -0.3 is 21.9 Å². The summed E-state index contributed by atoms with van der Waals surface area (Å²) >= 11 is 0. The van der Waals surface area contributed by atoms with Gasteiger partial charge in [0.1, 0.15) is 6.04 Å². The first kappa shape index (κ1) is 16.1. The summed E-state index contributed by atoms with van der Waals surface area (Å²) in [6, 6.07) is -0.519. The molecule has 1 atom stereocenters. The third kappa shape index (κ3) is 10.6. The Morgan fingerprint density at radius 3 is 2.33 bits per heavy atom. The van der Waals surface area contributed by atoms with Crippen LogP contribution in [-0.2, 0) is 4.79 Å². The molecule has 0 aliphatic carbocycles. The first-order chi connectivity index (χ1) is 7.07. The Labute approximate surface area is 90.7 Å². The van der Waals surface area contributed by atoms with Crippen LogP contribution < -0.4 is 16.8 Å². The molecule has 1 unspecified atom stereocenters. The monoisotopic (exact) mass is 218 g/mol. The molecule has 0 aliphatic heterocycles. The maximum atomic E-state index is 10.5. The minimum atomic E-state index is -0.854. The minimum absolute atomic E-state index is 0.0383. The van der Waals surface area contributed by atoms with E-state index in [2.05, 4.69) is 10.3 Å². The number of carboxylic acid groups (broad SMARTS) is 1. The fourth-order valence-electron chi connectivity index (χ4n) is 0.895. The van der Waals surface area contributed by atoms with E-state index < -0.39 is 12.0 Å². The lowest BCUT2D eigenvalue weighted by atomic mass is 10.1. The van der Waals surface area contributed by atoms with Crippen molar-refractivity contribution in [2.45, 2.75) is 32.7 Å². The molecule has 0 amide bonds. The molecule has 90 valence electrons. The van der Waals surface area contributed by atoms with Gasteiger partial charge >= 0.3 is 5.97 Å². The number of nitrogens with zero attached hydrogens (tertiary/aromatic N) is 1. The van der Waals surface area contributed by atoms with Crippen molar-refractivity contribution < 1.29 is 9.90 Å². The van der Waals surface area contributed by atoms with Crippen LogP contribution in [0, 0.1) is 0 Å². The number of rotatable bonds is 6. The van der Waals surface area contributed by atoms with Gasteiger partial charge in [-0.05, 0) is 19.9 Å². The first-order valence-electron chi connectivity index (χ1n) is 5.03. The molecular weight excluding hydrogens is 196 g/mol. The average Bonchev–Trinajstić information content (AvgIpc) is 2.20. The smallest absolute Gasteiger partial charge is 0.320 e. The summed E-state index contributed by atoms with van der Waals surface area (Å²) in [5.74, 6) is -0.816. The number of aliphatic imine (C=N–C) groups is 1. The second-order valence-electron chi connectivity index (χ2n) is 2.63. The summed E-state index contributed by atoms with van der Waals surface area (Å²) in [5.41, 5.74) is 10.2. The Morgan fingerprint density at radius 2 is 2.00 bits per heavy atom. The summed E-state index contributed by atoms with van der Waals surface area (Å²) < 4.78 is 0. The van der Waals surface area contributed by atoms with Gasteiger partial charge in [0.15, 0.2) is 5.96 Å². The number of nitrogens with one attached hydrogen (secondary N) is 1. The van der Waals surface area contributed by atoms with Crippen molar-refractivity contribution in [3.05, 3.63) is 0 Å². The van der Waals surface area contributed by atoms with Gasteiger partial charge in [0, 0.05) is 6.54 Å². The molecule has 0 heterocycles. The molecule has 0 rings (SSSR count). The highest BCUT2D eigenvalue weighted by atomic mass is 16.4. The average molecular weight is 218 g/mol. The van der Waals surface area contributed by atoms with Crippen LogP contribution in [-0.4, -0.2) is 36.7 Å². The fourth-order valence-corrected chi connectivity index (χ4v) is 0.895. The van der Waals surface area contributed by atoms with Crippen molar-refractivity contribution in [3.8, 4) is 0 Å². The Morgan fingerprint density at radius 1 is 1.47 bits per heavy atom. The van der Waals surface area contributed by atoms with Crippen LogP contribution in [0.2, 0.25) is 0 Å². The van der Waals surface area contributed by atoms with Crippen LogP contribution >= 0.6 is 0 Å². The second-order valence-corrected chi connectivity index (χ2v) is 2.63. The largest absolute Gasteiger partial charge is 0.480 e. The number of carboxylic acids is 1. The van der Waals surface area contributed by atoms with E-state index in [0.29, 0.717) is 19.4 Å². The predicted octanol–water partition coefficient (Wildman–Crippen LogP) is -0.261. The highest BCUT2D eigenvalue weighted by molar-refractivity contribution is 5.75. The van der Waals surface area contributed by atoms with E-state index in [4.69, 9.17) is 16.6 Å². The highest BCUT2D eigenvalue weighted by Gasteiger charge is 2.13. The van der Waals surface area contributed by atoms with Crippen molar-refractivity contribution >= 4 is 11.9 Å². The van der Waals surface area contributed by atoms with Gasteiger partial charge in [-0.1, -0.05) is 13.8 Å². The molecule has 0 fully saturated rings. The van der Waals surface area contributed by atoms with Crippen LogP contribution in [0.25, 0.3) is 0 Å². The minimum Gasteiger partial charge on any atom is -0.480 e. The lowest BCUT2D eigenvalue weighted by Gasteiger charge is -2.09. The summed E-state index contributed by atoms with van der Waals surface area (Å²) in [6.45, 7) is 4.47. The molecule has 0 saturated carbocycles. The van der Waals surface area contributed by atoms with Crippen LogP contribution in [0.15, 0.2) is 4.99 Å². The Balaban J connectivity index is 0. The van der Waals surface area contributed by atoms with Gasteiger partial charge in [0.05, 0.1) is 0 Å². The zero-order valence-corrected chi connectivity index (χ0v) is 9.66. The van der Waals surface area contributed by atoms with Crippen molar-refractivity contribution in [2.75, 3.05) is 13.6 Å². The van der Waals surface area contributed by atoms with Gasteiger partial charge in [-0.3, -0.25) is 9.79 Å². The van der Waals surface area contributed by atoms with Gasteiger partial charge in [-0.25, -0.2) is 0 Å². The summed E-state index contributed by atoms with van der Waals surface area (Å²) in [7, 11) is 1.61. The molecule has 0 spiro atoms. The van der Waals surface area contributed by atoms with E-state index in [0.717, 1.165) is 0 Å². The van der Waals surface area contributed by atoms with Crippen molar-refractivity contribution in [1.82, 2.24) is 5.32 Å². The third-order valence-electron chi connectivity index (χ3n) is 1.59. The van der Waals surface area contributed by atoms with Crippen LogP contribution in [0.1, 0.15) is 26.7 Å². The molecule has 6 nitrogen and oxygen atoms in total. The Bertz CT molecular complexity index is 191. The topological polar surface area (TPSA) is 114 Å². The molecule has 0 saturated heterocycles. The second kappa shape index (κ2) is 10.8. The van der Waals surface area contributed by atoms with Crippen molar-refractivity contribution in [1.29, 1.82) is 0 Å². The molecule has 6 N–H and O–H groups in total. The quantitative estimate of drug-likeness (QED) is 0.278. The SMILES string of the molecule is CC.CNC(CCCN=C(N)N)C(=O)O. The van der Waals surface area contributed by atoms with Gasteiger partial charge in [0.2, 0.25) is 0 Å². The van der Waals surface area contributed by atoms with E-state index in [1.54, 1.807) is 7.05 Å². The maximum Gasteiger partial charge on any atom is 0.320 e. The zero-order chi connectivity index (χ0) is 12.3. The number of hydrogen-bond acceptors (Lipinski definition) is 3. The standard InChI is InChI=1S/C7H16N4O2.C2H6/c1-10-5(6(12)13)3-2-4-11-7(8)9;1-2/h5,10H,2-4H2,1H3,(H,12,13)(H4,8,9,11);1-2H3. The Kier molecular flexibility index (Phi) is 11.6. The van der Waals surface area contributed by atoms with E-state index >= 15 is 0 Å². The summed E-state index contributed by atoms with van der Waals surface area (Å²) in [5, 5.41) is 11.3. The first-order valence-corrected chi connectivity index (χ1v) is 5.03.